The maximum absolute atomic E-state index is 12.8. The normalized spacial score (nSPS) is 13.2. The molecule has 2 N–H and O–H groups in total. The van der Waals surface area contributed by atoms with E-state index in [0.717, 1.165) is 16.9 Å². The number of fused-ring (bicyclic) bond motifs is 1. The minimum Gasteiger partial charge on any atom is -0.491 e. The van der Waals surface area contributed by atoms with Crippen molar-refractivity contribution in [2.45, 2.75) is 19.4 Å². The predicted molar refractivity (Wildman–Crippen MR) is 105 cm³/mol. The molecule has 0 fully saturated rings. The van der Waals surface area contributed by atoms with Crippen LogP contribution in [0.25, 0.3) is 0 Å². The maximum Gasteiger partial charge on any atom is 0.322 e. The first-order valence-corrected chi connectivity index (χ1v) is 9.20. The molecule has 0 atom stereocenters. The Labute approximate surface area is 163 Å². The van der Waals surface area contributed by atoms with Gasteiger partial charge in [0.25, 0.3) is 0 Å². The van der Waals surface area contributed by atoms with E-state index in [1.54, 1.807) is 18.0 Å². The van der Waals surface area contributed by atoms with E-state index in [9.17, 15) is 9.59 Å². The molecule has 2 aromatic carbocycles. The zero-order chi connectivity index (χ0) is 19.2. The Kier molecular flexibility index (Phi) is 6.19. The zero-order valence-electron chi connectivity index (χ0n) is 15.1. The highest BCUT2D eigenvalue weighted by molar-refractivity contribution is 6.30. The summed E-state index contributed by atoms with van der Waals surface area (Å²) in [7, 11) is 1.61. The number of carbonyl (C=O) groups excluding carboxylic acids is 2. The van der Waals surface area contributed by atoms with E-state index >= 15 is 0 Å². The number of amides is 3. The Morgan fingerprint density at radius 2 is 2.04 bits per heavy atom. The largest absolute Gasteiger partial charge is 0.491 e. The van der Waals surface area contributed by atoms with E-state index in [2.05, 4.69) is 10.6 Å². The van der Waals surface area contributed by atoms with Crippen LogP contribution in [0.5, 0.6) is 5.75 Å². The van der Waals surface area contributed by atoms with Gasteiger partial charge in [0.05, 0.1) is 13.1 Å². The molecule has 2 aromatic rings. The summed E-state index contributed by atoms with van der Waals surface area (Å²) in [6.45, 7) is 1.31. The molecule has 0 aromatic heterocycles. The highest BCUT2D eigenvalue weighted by Gasteiger charge is 2.21. The monoisotopic (exact) mass is 387 g/mol. The SMILES string of the molecule is CNC(=O)CCc1ccccc1NC(=O)N1CCOc2ccc(Cl)cc2C1. The van der Waals surface area contributed by atoms with Gasteiger partial charge in [0.2, 0.25) is 5.91 Å². The number of nitrogens with zero attached hydrogens (tertiary/aromatic N) is 1. The number of para-hydroxylation sites is 1. The van der Waals surface area contributed by atoms with Crippen LogP contribution in [0.4, 0.5) is 10.5 Å². The number of urea groups is 1. The topological polar surface area (TPSA) is 70.7 Å². The van der Waals surface area contributed by atoms with Crippen LogP contribution in [0, 0.1) is 0 Å². The number of halogens is 1. The molecule has 0 saturated heterocycles. The molecule has 0 bridgehead atoms. The average Bonchev–Trinajstić information content (AvgIpc) is 2.89. The van der Waals surface area contributed by atoms with Crippen molar-refractivity contribution in [2.75, 3.05) is 25.5 Å². The second-order valence-corrected chi connectivity index (χ2v) is 6.72. The van der Waals surface area contributed by atoms with Gasteiger partial charge in [-0.05, 0) is 36.2 Å². The molecule has 1 heterocycles. The number of aryl methyl sites for hydroxylation is 1. The van der Waals surface area contributed by atoms with Gasteiger partial charge in [0, 0.05) is 29.7 Å². The summed E-state index contributed by atoms with van der Waals surface area (Å²) in [5.74, 6) is 0.718. The highest BCUT2D eigenvalue weighted by Crippen LogP contribution is 2.27. The Morgan fingerprint density at radius 3 is 2.85 bits per heavy atom. The molecular weight excluding hydrogens is 366 g/mol. The van der Waals surface area contributed by atoms with Crippen LogP contribution in [0.3, 0.4) is 0 Å². The highest BCUT2D eigenvalue weighted by atomic mass is 35.5. The number of anilines is 1. The molecule has 0 saturated carbocycles. The first-order chi connectivity index (χ1) is 13.1. The van der Waals surface area contributed by atoms with E-state index in [0.29, 0.717) is 43.2 Å². The fourth-order valence-electron chi connectivity index (χ4n) is 2.96. The second-order valence-electron chi connectivity index (χ2n) is 6.28. The Hall–Kier alpha value is -2.73. The molecule has 6 nitrogen and oxygen atoms in total. The van der Waals surface area contributed by atoms with Crippen LogP contribution < -0.4 is 15.4 Å². The smallest absolute Gasteiger partial charge is 0.322 e. The molecule has 0 unspecified atom stereocenters. The molecule has 142 valence electrons. The fourth-order valence-corrected chi connectivity index (χ4v) is 3.16. The Morgan fingerprint density at radius 1 is 1.22 bits per heavy atom. The number of benzene rings is 2. The van der Waals surface area contributed by atoms with Gasteiger partial charge in [0.1, 0.15) is 12.4 Å². The summed E-state index contributed by atoms with van der Waals surface area (Å²) in [5, 5.41) is 6.18. The first kappa shape index (κ1) is 19.0. The lowest BCUT2D eigenvalue weighted by atomic mass is 10.1. The number of ether oxygens (including phenoxy) is 1. The third-order valence-corrected chi connectivity index (χ3v) is 4.68. The van der Waals surface area contributed by atoms with Gasteiger partial charge in [-0.1, -0.05) is 29.8 Å². The van der Waals surface area contributed by atoms with Crippen molar-refractivity contribution < 1.29 is 14.3 Å². The molecule has 7 heteroatoms. The van der Waals surface area contributed by atoms with E-state index in [-0.39, 0.29) is 11.9 Å². The van der Waals surface area contributed by atoms with E-state index in [4.69, 9.17) is 16.3 Å². The fraction of sp³-hybridized carbons (Fsp3) is 0.300. The number of carbonyl (C=O) groups is 2. The lowest BCUT2D eigenvalue weighted by Crippen LogP contribution is -2.36. The summed E-state index contributed by atoms with van der Waals surface area (Å²) in [4.78, 5) is 26.0. The number of hydrogen-bond acceptors (Lipinski definition) is 3. The standard InChI is InChI=1S/C20H22ClN3O3/c1-22-19(25)9-6-14-4-2-3-5-17(14)23-20(26)24-10-11-27-18-8-7-16(21)12-15(18)13-24/h2-5,7-8,12H,6,9-11,13H2,1H3,(H,22,25)(H,23,26). The number of hydrogen-bond donors (Lipinski definition) is 2. The maximum atomic E-state index is 12.8. The molecule has 0 aliphatic carbocycles. The van der Waals surface area contributed by atoms with Crippen molar-refractivity contribution in [1.29, 1.82) is 0 Å². The number of rotatable bonds is 4. The van der Waals surface area contributed by atoms with E-state index < -0.39 is 0 Å². The van der Waals surface area contributed by atoms with Crippen molar-refractivity contribution in [3.05, 3.63) is 58.6 Å². The summed E-state index contributed by atoms with van der Waals surface area (Å²) in [5.41, 5.74) is 2.51. The molecule has 27 heavy (non-hydrogen) atoms. The molecule has 3 rings (SSSR count). The van der Waals surface area contributed by atoms with Gasteiger partial charge in [-0.25, -0.2) is 4.79 Å². The first-order valence-electron chi connectivity index (χ1n) is 8.82. The lowest BCUT2D eigenvalue weighted by Gasteiger charge is -2.21. The predicted octanol–water partition coefficient (Wildman–Crippen LogP) is 3.45. The van der Waals surface area contributed by atoms with Gasteiger partial charge < -0.3 is 20.3 Å². The van der Waals surface area contributed by atoms with Crippen LogP contribution in [-0.2, 0) is 17.8 Å². The summed E-state index contributed by atoms with van der Waals surface area (Å²) in [6.07, 6.45) is 0.921. The minimum atomic E-state index is -0.209. The van der Waals surface area contributed by atoms with Crippen LogP contribution in [0.2, 0.25) is 5.02 Å². The Balaban J connectivity index is 1.71. The van der Waals surface area contributed by atoms with E-state index in [1.807, 2.05) is 36.4 Å². The van der Waals surface area contributed by atoms with Gasteiger partial charge in [-0.15, -0.1) is 0 Å². The van der Waals surface area contributed by atoms with Gasteiger partial charge in [0.15, 0.2) is 0 Å². The van der Waals surface area contributed by atoms with Crippen molar-refractivity contribution >= 4 is 29.2 Å². The zero-order valence-corrected chi connectivity index (χ0v) is 15.9. The number of nitrogens with one attached hydrogen (secondary N) is 2. The molecule has 1 aliphatic rings. The molecule has 3 amide bonds. The van der Waals surface area contributed by atoms with Crippen LogP contribution in [-0.4, -0.2) is 37.0 Å². The molecule has 0 spiro atoms. The average molecular weight is 388 g/mol. The third kappa shape index (κ3) is 4.92. The molecular formula is C20H22ClN3O3. The molecule has 1 aliphatic heterocycles. The Bertz CT molecular complexity index is 841. The van der Waals surface area contributed by atoms with Crippen molar-refractivity contribution in [2.24, 2.45) is 0 Å². The van der Waals surface area contributed by atoms with Crippen molar-refractivity contribution in [3.8, 4) is 5.75 Å². The molecule has 0 radical (unpaired) electrons. The van der Waals surface area contributed by atoms with Crippen LogP contribution in [0.1, 0.15) is 17.5 Å². The van der Waals surface area contributed by atoms with Crippen molar-refractivity contribution in [3.63, 3.8) is 0 Å². The quantitative estimate of drug-likeness (QED) is 0.844. The van der Waals surface area contributed by atoms with Gasteiger partial charge in [-0.3, -0.25) is 4.79 Å². The van der Waals surface area contributed by atoms with Crippen molar-refractivity contribution in [1.82, 2.24) is 10.2 Å². The van der Waals surface area contributed by atoms with Gasteiger partial charge >= 0.3 is 6.03 Å². The van der Waals surface area contributed by atoms with Crippen LogP contribution >= 0.6 is 11.6 Å². The summed E-state index contributed by atoms with van der Waals surface area (Å²) in [6, 6.07) is 12.7. The second kappa shape index (κ2) is 8.77. The van der Waals surface area contributed by atoms with Crippen LogP contribution in [0.15, 0.2) is 42.5 Å². The summed E-state index contributed by atoms with van der Waals surface area (Å²) < 4.78 is 5.71. The van der Waals surface area contributed by atoms with E-state index in [1.165, 1.54) is 0 Å². The van der Waals surface area contributed by atoms with Gasteiger partial charge in [-0.2, -0.15) is 0 Å². The summed E-state index contributed by atoms with van der Waals surface area (Å²) >= 11 is 6.07. The third-order valence-electron chi connectivity index (χ3n) is 4.45. The minimum absolute atomic E-state index is 0.0331. The lowest BCUT2D eigenvalue weighted by molar-refractivity contribution is -0.120.